The first-order chi connectivity index (χ1) is 17.2. The number of H-pyrrole nitrogens is 1. The molecule has 1 aromatic carbocycles. The molecule has 0 spiro atoms. The fourth-order valence-electron chi connectivity index (χ4n) is 4.42. The Morgan fingerprint density at radius 1 is 1.03 bits per heavy atom. The normalized spacial score (nSPS) is 18.8. The topological polar surface area (TPSA) is 136 Å². The van der Waals surface area contributed by atoms with Crippen molar-refractivity contribution in [3.8, 4) is 0 Å². The summed E-state index contributed by atoms with van der Waals surface area (Å²) < 4.78 is 0. The molecule has 0 unspecified atom stereocenters. The van der Waals surface area contributed by atoms with Crippen LogP contribution in [0.1, 0.15) is 29.8 Å². The number of fused-ring (bicyclic) bond motifs is 1. The minimum atomic E-state index is -0.860. The van der Waals surface area contributed by atoms with Crippen LogP contribution in [0.4, 0.5) is 5.69 Å². The third-order valence-corrected chi connectivity index (χ3v) is 6.46. The Balaban J connectivity index is 0.00000380. The van der Waals surface area contributed by atoms with E-state index in [-0.39, 0.29) is 36.6 Å². The number of aromatic nitrogens is 2. The van der Waals surface area contributed by atoms with E-state index in [1.54, 1.807) is 56.7 Å². The zero-order chi connectivity index (χ0) is 25.8. The zero-order valence-electron chi connectivity index (χ0n) is 20.3. The summed E-state index contributed by atoms with van der Waals surface area (Å²) in [7, 11) is 3.35. The van der Waals surface area contributed by atoms with Crippen LogP contribution in [0.25, 0.3) is 10.9 Å². The van der Waals surface area contributed by atoms with Crippen molar-refractivity contribution in [3.05, 3.63) is 59.5 Å². The van der Waals surface area contributed by atoms with Crippen LogP contribution in [0.3, 0.4) is 0 Å². The SMILES string of the molecule is CN(C)C(=O)[C@H]1CC[C@@H](NC(=O)c2cc3cc(Cl)ccc3[nH]2)[C@H](NC(=O)C(=O)Nc2cccnc2)C1.Cl. The van der Waals surface area contributed by atoms with E-state index in [4.69, 9.17) is 11.6 Å². The van der Waals surface area contributed by atoms with Gasteiger partial charge in [-0.25, -0.2) is 0 Å². The van der Waals surface area contributed by atoms with Gasteiger partial charge < -0.3 is 25.8 Å². The van der Waals surface area contributed by atoms with Crippen LogP contribution in [-0.2, 0) is 14.4 Å². The van der Waals surface area contributed by atoms with Crippen LogP contribution in [0.2, 0.25) is 5.02 Å². The first kappa shape index (κ1) is 27.9. The molecule has 196 valence electrons. The molecule has 0 radical (unpaired) electrons. The molecule has 4 N–H and O–H groups in total. The maximum absolute atomic E-state index is 13.0. The van der Waals surface area contributed by atoms with Gasteiger partial charge in [0.25, 0.3) is 5.91 Å². The van der Waals surface area contributed by atoms with Crippen LogP contribution < -0.4 is 16.0 Å². The fourth-order valence-corrected chi connectivity index (χ4v) is 4.60. The fraction of sp³-hybridized carbons (Fsp3) is 0.320. The second-order valence-corrected chi connectivity index (χ2v) is 9.45. The molecule has 2 aromatic heterocycles. The lowest BCUT2D eigenvalue weighted by molar-refractivity contribution is -0.138. The van der Waals surface area contributed by atoms with Crippen LogP contribution >= 0.6 is 24.0 Å². The summed E-state index contributed by atoms with van der Waals surface area (Å²) in [6.07, 6.45) is 4.26. The molecular weight excluding hydrogens is 519 g/mol. The van der Waals surface area contributed by atoms with Gasteiger partial charge in [0, 0.05) is 48.2 Å². The smallest absolute Gasteiger partial charge is 0.313 e. The summed E-state index contributed by atoms with van der Waals surface area (Å²) >= 11 is 6.05. The molecule has 4 rings (SSSR count). The first-order valence-corrected chi connectivity index (χ1v) is 11.9. The molecule has 1 fully saturated rings. The third-order valence-electron chi connectivity index (χ3n) is 6.23. The van der Waals surface area contributed by atoms with Gasteiger partial charge in [0.1, 0.15) is 5.69 Å². The Labute approximate surface area is 224 Å². The second-order valence-electron chi connectivity index (χ2n) is 9.01. The maximum Gasteiger partial charge on any atom is 0.313 e. The van der Waals surface area contributed by atoms with Gasteiger partial charge in [0.2, 0.25) is 5.91 Å². The number of aromatic amines is 1. The number of halogens is 2. The van der Waals surface area contributed by atoms with Crippen molar-refractivity contribution in [2.24, 2.45) is 5.92 Å². The first-order valence-electron chi connectivity index (χ1n) is 11.5. The summed E-state index contributed by atoms with van der Waals surface area (Å²) in [5.41, 5.74) is 1.49. The Hall–Kier alpha value is -3.63. The largest absolute Gasteiger partial charge is 0.351 e. The summed E-state index contributed by atoms with van der Waals surface area (Å²) in [6, 6.07) is 9.12. The highest BCUT2D eigenvalue weighted by molar-refractivity contribution is 6.39. The lowest BCUT2D eigenvalue weighted by atomic mass is 9.81. The summed E-state index contributed by atoms with van der Waals surface area (Å²) in [6.45, 7) is 0. The standard InChI is InChI=1S/C25H27ClN6O4.ClH/c1-32(2)25(36)14-5-7-19(30-22(33)21-12-15-10-16(26)6-8-18(15)29-21)20(11-14)31-24(35)23(34)28-17-4-3-9-27-13-17;/h3-4,6,8-10,12-14,19-20,29H,5,7,11H2,1-2H3,(H,28,34)(H,30,33)(H,31,35);1H/t14-,19+,20+;/m0./s1. The monoisotopic (exact) mass is 546 g/mol. The van der Waals surface area contributed by atoms with Gasteiger partial charge in [0.05, 0.1) is 17.9 Å². The molecule has 2 heterocycles. The molecule has 3 atom stereocenters. The summed E-state index contributed by atoms with van der Waals surface area (Å²) in [5.74, 6) is -2.48. The predicted molar refractivity (Wildman–Crippen MR) is 143 cm³/mol. The van der Waals surface area contributed by atoms with Crippen molar-refractivity contribution in [2.45, 2.75) is 31.3 Å². The van der Waals surface area contributed by atoms with Crippen molar-refractivity contribution in [1.29, 1.82) is 0 Å². The number of nitrogens with one attached hydrogen (secondary N) is 4. The number of pyridine rings is 1. The van der Waals surface area contributed by atoms with Crippen molar-refractivity contribution in [1.82, 2.24) is 25.5 Å². The summed E-state index contributed by atoms with van der Waals surface area (Å²) in [5, 5.41) is 9.53. The number of anilines is 1. The molecule has 37 heavy (non-hydrogen) atoms. The Kier molecular flexibility index (Phi) is 9.12. The molecule has 0 saturated heterocycles. The number of carbonyl (C=O) groups is 4. The van der Waals surface area contributed by atoms with Gasteiger partial charge in [-0.3, -0.25) is 24.2 Å². The lowest BCUT2D eigenvalue weighted by Crippen LogP contribution is -2.57. The van der Waals surface area contributed by atoms with Crippen molar-refractivity contribution in [3.63, 3.8) is 0 Å². The average molecular weight is 547 g/mol. The molecule has 12 heteroatoms. The molecule has 1 aliphatic carbocycles. The van der Waals surface area contributed by atoms with Gasteiger partial charge >= 0.3 is 11.8 Å². The third kappa shape index (κ3) is 6.78. The van der Waals surface area contributed by atoms with E-state index < -0.39 is 23.9 Å². The van der Waals surface area contributed by atoms with Crippen molar-refractivity contribution < 1.29 is 19.2 Å². The molecular formula is C25H28Cl2N6O4. The highest BCUT2D eigenvalue weighted by atomic mass is 35.5. The molecule has 4 amide bonds. The second kappa shape index (κ2) is 12.1. The number of hydrogen-bond acceptors (Lipinski definition) is 5. The van der Waals surface area contributed by atoms with Crippen LogP contribution in [0.15, 0.2) is 48.8 Å². The molecule has 0 aliphatic heterocycles. The highest BCUT2D eigenvalue weighted by Crippen LogP contribution is 2.27. The Morgan fingerprint density at radius 3 is 2.51 bits per heavy atom. The highest BCUT2D eigenvalue weighted by Gasteiger charge is 2.37. The average Bonchev–Trinajstić information content (AvgIpc) is 3.28. The van der Waals surface area contributed by atoms with Crippen molar-refractivity contribution >= 4 is 64.2 Å². The number of amides is 4. The van der Waals surface area contributed by atoms with Gasteiger partial charge in [-0.15, -0.1) is 12.4 Å². The van der Waals surface area contributed by atoms with Crippen LogP contribution in [0, 0.1) is 5.92 Å². The van der Waals surface area contributed by atoms with Gasteiger partial charge in [-0.1, -0.05) is 11.6 Å². The van der Waals surface area contributed by atoms with E-state index in [0.717, 1.165) is 10.9 Å². The van der Waals surface area contributed by atoms with Crippen LogP contribution in [0.5, 0.6) is 0 Å². The molecule has 1 saturated carbocycles. The Bertz CT molecular complexity index is 1300. The summed E-state index contributed by atoms with van der Waals surface area (Å²) in [4.78, 5) is 59.3. The Morgan fingerprint density at radius 2 is 1.81 bits per heavy atom. The zero-order valence-corrected chi connectivity index (χ0v) is 21.9. The molecule has 3 aromatic rings. The van der Waals surface area contributed by atoms with Crippen molar-refractivity contribution in [2.75, 3.05) is 19.4 Å². The molecule has 10 nitrogen and oxygen atoms in total. The molecule has 0 bridgehead atoms. The number of hydrogen-bond donors (Lipinski definition) is 4. The van der Waals surface area contributed by atoms with Gasteiger partial charge in [-0.2, -0.15) is 0 Å². The van der Waals surface area contributed by atoms with E-state index in [2.05, 4.69) is 25.9 Å². The van der Waals surface area contributed by atoms with Crippen LogP contribution in [-0.4, -0.2) is 64.7 Å². The number of benzene rings is 1. The van der Waals surface area contributed by atoms with E-state index in [1.165, 1.54) is 11.1 Å². The van der Waals surface area contributed by atoms with E-state index in [1.807, 2.05) is 0 Å². The van der Waals surface area contributed by atoms with Gasteiger partial charge in [0.15, 0.2) is 0 Å². The van der Waals surface area contributed by atoms with E-state index >= 15 is 0 Å². The number of rotatable bonds is 5. The number of nitrogens with zero attached hydrogens (tertiary/aromatic N) is 2. The van der Waals surface area contributed by atoms with E-state index in [9.17, 15) is 19.2 Å². The minimum Gasteiger partial charge on any atom is -0.351 e. The minimum absolute atomic E-state index is 0. The van der Waals surface area contributed by atoms with Gasteiger partial charge in [-0.05, 0) is 55.7 Å². The predicted octanol–water partition coefficient (Wildman–Crippen LogP) is 2.75. The molecule has 1 aliphatic rings. The maximum atomic E-state index is 13.0. The quantitative estimate of drug-likeness (QED) is 0.365. The van der Waals surface area contributed by atoms with E-state index in [0.29, 0.717) is 29.2 Å². The number of carbonyl (C=O) groups excluding carboxylic acids is 4. The lowest BCUT2D eigenvalue weighted by Gasteiger charge is -2.37.